The number of nitro groups is 2. The molecule has 2 rings (SSSR count). The number of benzene rings is 1. The highest BCUT2D eigenvalue weighted by Gasteiger charge is 2.24. The summed E-state index contributed by atoms with van der Waals surface area (Å²) in [7, 11) is 0. The van der Waals surface area contributed by atoms with Crippen LogP contribution in [0.1, 0.15) is 15.9 Å². The van der Waals surface area contributed by atoms with Crippen LogP contribution < -0.4 is 5.32 Å². The van der Waals surface area contributed by atoms with Crippen molar-refractivity contribution in [3.63, 3.8) is 0 Å². The van der Waals surface area contributed by atoms with Crippen molar-refractivity contribution in [3.05, 3.63) is 55.9 Å². The zero-order valence-corrected chi connectivity index (χ0v) is 12.7. The van der Waals surface area contributed by atoms with E-state index < -0.39 is 39.6 Å². The lowest BCUT2D eigenvalue weighted by atomic mass is 10.1. The Morgan fingerprint density at radius 3 is 2.28 bits per heavy atom. The molecule has 0 aliphatic carbocycles. The van der Waals surface area contributed by atoms with Crippen LogP contribution in [0.15, 0.2) is 24.5 Å². The fourth-order valence-corrected chi connectivity index (χ4v) is 2.04. The van der Waals surface area contributed by atoms with E-state index in [1.54, 1.807) is 0 Å². The molecule has 0 aliphatic heterocycles. The summed E-state index contributed by atoms with van der Waals surface area (Å²) in [5.41, 5.74) is -1.30. The number of nitrogens with one attached hydrogen (secondary N) is 1. The van der Waals surface area contributed by atoms with Crippen molar-refractivity contribution in [3.8, 4) is 0 Å². The van der Waals surface area contributed by atoms with Crippen LogP contribution in [0.2, 0.25) is 0 Å². The van der Waals surface area contributed by atoms with E-state index in [1.807, 2.05) is 0 Å². The summed E-state index contributed by atoms with van der Waals surface area (Å²) in [5, 5.41) is 36.7. The van der Waals surface area contributed by atoms with Crippen LogP contribution in [0.5, 0.6) is 0 Å². The molecular weight excluding hydrogens is 338 g/mol. The highest BCUT2D eigenvalue weighted by Crippen LogP contribution is 2.31. The molecule has 1 amide bonds. The number of aliphatic carboxylic acids is 1. The van der Waals surface area contributed by atoms with Gasteiger partial charge in [0, 0.05) is 18.3 Å². The number of anilines is 1. The molecule has 0 saturated carbocycles. The summed E-state index contributed by atoms with van der Waals surface area (Å²) in [6.07, 6.45) is 2.27. The number of nitrogens with zero attached hydrogens (tertiary/aromatic N) is 4. The smallest absolute Gasteiger partial charge is 0.325 e. The van der Waals surface area contributed by atoms with Crippen molar-refractivity contribution in [2.45, 2.75) is 13.5 Å². The largest absolute Gasteiger partial charge is 0.480 e. The van der Waals surface area contributed by atoms with E-state index in [0.29, 0.717) is 0 Å². The average Bonchev–Trinajstić information content (AvgIpc) is 2.96. The average molecular weight is 349 g/mol. The van der Waals surface area contributed by atoms with E-state index in [9.17, 15) is 29.8 Å². The van der Waals surface area contributed by atoms with Crippen LogP contribution >= 0.6 is 0 Å². The van der Waals surface area contributed by atoms with Crippen LogP contribution in [0, 0.1) is 27.2 Å². The number of carboxylic acids is 1. The number of nitro benzene ring substituents is 2. The molecule has 1 heterocycles. The maximum atomic E-state index is 12.1. The summed E-state index contributed by atoms with van der Waals surface area (Å²) >= 11 is 0. The number of hydrogen-bond donors (Lipinski definition) is 2. The zero-order valence-electron chi connectivity index (χ0n) is 12.7. The van der Waals surface area contributed by atoms with Crippen molar-refractivity contribution >= 4 is 28.9 Å². The second-order valence-electron chi connectivity index (χ2n) is 4.93. The van der Waals surface area contributed by atoms with Gasteiger partial charge in [-0.15, -0.1) is 0 Å². The van der Waals surface area contributed by atoms with Gasteiger partial charge < -0.3 is 10.4 Å². The minimum atomic E-state index is -1.15. The first-order valence-electron chi connectivity index (χ1n) is 6.68. The third kappa shape index (κ3) is 3.93. The van der Waals surface area contributed by atoms with E-state index in [0.717, 1.165) is 23.0 Å². The van der Waals surface area contributed by atoms with E-state index >= 15 is 0 Å². The minimum absolute atomic E-state index is 0.00729. The van der Waals surface area contributed by atoms with Gasteiger partial charge in [-0.3, -0.25) is 34.5 Å². The lowest BCUT2D eigenvalue weighted by Gasteiger charge is -2.06. The summed E-state index contributed by atoms with van der Waals surface area (Å²) in [4.78, 5) is 43.1. The summed E-state index contributed by atoms with van der Waals surface area (Å²) in [6, 6.07) is 2.00. The minimum Gasteiger partial charge on any atom is -0.480 e. The molecule has 0 saturated heterocycles. The van der Waals surface area contributed by atoms with Gasteiger partial charge in [0.05, 0.1) is 27.3 Å². The lowest BCUT2D eigenvalue weighted by Crippen LogP contribution is -2.13. The summed E-state index contributed by atoms with van der Waals surface area (Å²) in [5.74, 6) is -1.90. The molecule has 0 fully saturated rings. The Hall–Kier alpha value is -3.83. The number of rotatable bonds is 6. The number of carbonyl (C=O) groups excluding carboxylic acids is 1. The number of carboxylic acid groups (broad SMARTS) is 1. The fraction of sp³-hybridized carbons (Fsp3) is 0.154. The molecule has 0 bridgehead atoms. The van der Waals surface area contributed by atoms with Gasteiger partial charge in [-0.25, -0.2) is 0 Å². The highest BCUT2D eigenvalue weighted by molar-refractivity contribution is 6.04. The maximum absolute atomic E-state index is 12.1. The molecule has 0 radical (unpaired) electrons. The van der Waals surface area contributed by atoms with Gasteiger partial charge in [-0.2, -0.15) is 5.10 Å². The predicted molar refractivity (Wildman–Crippen MR) is 82.3 cm³/mol. The number of carbonyl (C=O) groups is 2. The number of hydrogen-bond acceptors (Lipinski definition) is 7. The van der Waals surface area contributed by atoms with Crippen molar-refractivity contribution in [1.82, 2.24) is 9.78 Å². The van der Waals surface area contributed by atoms with Crippen molar-refractivity contribution < 1.29 is 24.5 Å². The van der Waals surface area contributed by atoms with Crippen LogP contribution in [-0.4, -0.2) is 36.6 Å². The Morgan fingerprint density at radius 2 is 1.80 bits per heavy atom. The molecular formula is C13H11N5O7. The molecule has 2 N–H and O–H groups in total. The molecule has 2 aromatic rings. The highest BCUT2D eigenvalue weighted by atomic mass is 16.6. The van der Waals surface area contributed by atoms with Gasteiger partial charge in [-0.1, -0.05) is 0 Å². The molecule has 1 aromatic heterocycles. The quantitative estimate of drug-likeness (QED) is 0.581. The molecule has 0 aliphatic rings. The van der Waals surface area contributed by atoms with Gasteiger partial charge >= 0.3 is 5.97 Å². The second-order valence-corrected chi connectivity index (χ2v) is 4.93. The van der Waals surface area contributed by atoms with Crippen LogP contribution in [0.3, 0.4) is 0 Å². The predicted octanol–water partition coefficient (Wildman–Crippen LogP) is 1.34. The normalized spacial score (nSPS) is 10.3. The van der Waals surface area contributed by atoms with Crippen molar-refractivity contribution in [2.24, 2.45) is 0 Å². The Bertz CT molecular complexity index is 854. The third-order valence-electron chi connectivity index (χ3n) is 3.20. The second kappa shape index (κ2) is 6.74. The van der Waals surface area contributed by atoms with Gasteiger partial charge in [0.15, 0.2) is 0 Å². The van der Waals surface area contributed by atoms with E-state index in [4.69, 9.17) is 5.11 Å². The zero-order chi connectivity index (χ0) is 18.7. The standard InChI is InChI=1S/C13H11N5O7/c1-7-10(17(22)23)2-9(3-11(7)18(24)25)15-13(21)8-4-14-16(5-8)6-12(19)20/h2-5H,6H2,1H3,(H,15,21)(H,19,20). The van der Waals surface area contributed by atoms with Crippen LogP contribution in [0.25, 0.3) is 0 Å². The fourth-order valence-electron chi connectivity index (χ4n) is 2.04. The van der Waals surface area contributed by atoms with Crippen molar-refractivity contribution in [1.29, 1.82) is 0 Å². The first-order valence-corrected chi connectivity index (χ1v) is 6.68. The molecule has 12 heteroatoms. The van der Waals surface area contributed by atoms with E-state index in [1.165, 1.54) is 13.1 Å². The van der Waals surface area contributed by atoms with Gasteiger partial charge in [0.1, 0.15) is 12.1 Å². The van der Waals surface area contributed by atoms with Gasteiger partial charge in [-0.05, 0) is 6.92 Å². The van der Waals surface area contributed by atoms with E-state index in [2.05, 4.69) is 10.4 Å². The summed E-state index contributed by atoms with van der Waals surface area (Å²) < 4.78 is 1.01. The Morgan fingerprint density at radius 1 is 1.24 bits per heavy atom. The number of amides is 1. The molecule has 130 valence electrons. The topological polar surface area (TPSA) is 170 Å². The first kappa shape index (κ1) is 17.5. The third-order valence-corrected chi connectivity index (χ3v) is 3.20. The molecule has 0 atom stereocenters. The Kier molecular flexibility index (Phi) is 4.72. The number of aromatic nitrogens is 2. The molecule has 1 aromatic carbocycles. The van der Waals surface area contributed by atoms with Gasteiger partial charge in [0.25, 0.3) is 17.3 Å². The maximum Gasteiger partial charge on any atom is 0.325 e. The van der Waals surface area contributed by atoms with Crippen LogP contribution in [0.4, 0.5) is 17.1 Å². The Labute approximate surface area is 139 Å². The molecule has 0 unspecified atom stereocenters. The first-order chi connectivity index (χ1) is 11.7. The van der Waals surface area contributed by atoms with Crippen molar-refractivity contribution in [2.75, 3.05) is 5.32 Å². The molecule has 0 spiro atoms. The monoisotopic (exact) mass is 349 g/mol. The SMILES string of the molecule is Cc1c([N+](=O)[O-])cc(NC(=O)c2cnn(CC(=O)O)c2)cc1[N+](=O)[O-]. The van der Waals surface area contributed by atoms with Crippen LogP contribution in [-0.2, 0) is 11.3 Å². The molecule has 12 nitrogen and oxygen atoms in total. The summed E-state index contributed by atoms with van der Waals surface area (Å²) in [6.45, 7) is 0.784. The van der Waals surface area contributed by atoms with E-state index in [-0.39, 0.29) is 16.8 Å². The molecule has 25 heavy (non-hydrogen) atoms. The lowest BCUT2D eigenvalue weighted by molar-refractivity contribution is -0.395. The Balaban J connectivity index is 2.31. The van der Waals surface area contributed by atoms with Gasteiger partial charge in [0.2, 0.25) is 0 Å².